The first-order valence-corrected chi connectivity index (χ1v) is 10.8. The summed E-state index contributed by atoms with van der Waals surface area (Å²) in [5, 5.41) is 17.1. The van der Waals surface area contributed by atoms with Crippen molar-refractivity contribution in [3.05, 3.63) is 40.0 Å². The van der Waals surface area contributed by atoms with Crippen LogP contribution in [-0.4, -0.2) is 58.8 Å². The van der Waals surface area contributed by atoms with Crippen LogP contribution in [0.1, 0.15) is 47.1 Å². The highest BCUT2D eigenvalue weighted by atomic mass is 32.1. The molecule has 2 heterocycles. The van der Waals surface area contributed by atoms with Gasteiger partial charge in [-0.15, -0.1) is 0 Å². The zero-order valence-corrected chi connectivity index (χ0v) is 18.3. The summed E-state index contributed by atoms with van der Waals surface area (Å²) < 4.78 is 0. The van der Waals surface area contributed by atoms with Crippen LogP contribution in [0.25, 0.3) is 5.76 Å². The Morgan fingerprint density at radius 2 is 2.07 bits per heavy atom. The van der Waals surface area contributed by atoms with Gasteiger partial charge in [-0.25, -0.2) is 9.97 Å². The number of thiazole rings is 1. The van der Waals surface area contributed by atoms with Gasteiger partial charge in [-0.3, -0.25) is 9.59 Å². The quantitative estimate of drug-likeness (QED) is 0.525. The maximum absolute atomic E-state index is 12.9. The Bertz CT molecular complexity index is 950. The second-order valence-corrected chi connectivity index (χ2v) is 8.37. The highest BCUT2D eigenvalue weighted by Crippen LogP contribution is 2.37. The first kappa shape index (κ1) is 21.9. The summed E-state index contributed by atoms with van der Waals surface area (Å²) >= 11 is 1.20. The first-order valence-electron chi connectivity index (χ1n) is 10.0. The van der Waals surface area contributed by atoms with E-state index in [-0.39, 0.29) is 17.4 Å². The van der Waals surface area contributed by atoms with Crippen molar-refractivity contribution >= 4 is 39.7 Å². The van der Waals surface area contributed by atoms with Crippen LogP contribution in [0.4, 0.5) is 10.9 Å². The maximum atomic E-state index is 12.9. The molecule has 0 aromatic carbocycles. The van der Waals surface area contributed by atoms with Crippen LogP contribution in [0.5, 0.6) is 0 Å². The van der Waals surface area contributed by atoms with Gasteiger partial charge in [0.1, 0.15) is 11.6 Å². The standard InChI is InChI=1S/C21H27N5O3S/c1-4-22-16-10-7-13(12-23-16)18(28)14-8-9-15-20(19(14)29)30-21(24-15)25-17(27)6-5-11-26(2)3/h7,10,12,29H,4-6,8-9,11H2,1-3H3,(H,22,23)(H,24,25,27). The van der Waals surface area contributed by atoms with Gasteiger partial charge in [-0.05, 0) is 59.0 Å². The number of fused-ring (bicyclic) bond motifs is 1. The number of aromatic nitrogens is 2. The maximum Gasteiger partial charge on any atom is 0.226 e. The van der Waals surface area contributed by atoms with E-state index in [1.165, 1.54) is 17.5 Å². The predicted octanol–water partition coefficient (Wildman–Crippen LogP) is 3.35. The van der Waals surface area contributed by atoms with E-state index in [2.05, 4.69) is 20.6 Å². The van der Waals surface area contributed by atoms with E-state index in [1.54, 1.807) is 12.1 Å². The van der Waals surface area contributed by atoms with E-state index in [9.17, 15) is 14.7 Å². The lowest BCUT2D eigenvalue weighted by atomic mass is 9.93. The third-order valence-corrected chi connectivity index (χ3v) is 5.74. The molecule has 0 saturated carbocycles. The Morgan fingerprint density at radius 3 is 2.73 bits per heavy atom. The molecule has 160 valence electrons. The van der Waals surface area contributed by atoms with Gasteiger partial charge in [0.25, 0.3) is 0 Å². The number of nitrogens with zero attached hydrogens (tertiary/aromatic N) is 3. The van der Waals surface area contributed by atoms with Crippen LogP contribution < -0.4 is 10.6 Å². The van der Waals surface area contributed by atoms with Gasteiger partial charge in [-0.1, -0.05) is 11.3 Å². The number of Topliss-reactive ketones (excluding diaryl/α,β-unsaturated/α-hetero) is 1. The topological polar surface area (TPSA) is 107 Å². The zero-order chi connectivity index (χ0) is 21.7. The summed E-state index contributed by atoms with van der Waals surface area (Å²) in [6, 6.07) is 3.45. The molecule has 0 unspecified atom stereocenters. The van der Waals surface area contributed by atoms with Crippen LogP contribution in [0.2, 0.25) is 0 Å². The van der Waals surface area contributed by atoms with Gasteiger partial charge in [0.05, 0.1) is 10.6 Å². The number of rotatable bonds is 9. The Balaban J connectivity index is 1.72. The number of carbonyl (C=O) groups is 2. The third kappa shape index (κ3) is 5.22. The third-order valence-electron chi connectivity index (χ3n) is 4.72. The number of ketones is 1. The number of hydrogen-bond donors (Lipinski definition) is 3. The number of aryl methyl sites for hydroxylation is 1. The minimum atomic E-state index is -0.239. The number of hydrogen-bond acceptors (Lipinski definition) is 8. The molecule has 2 aromatic heterocycles. The van der Waals surface area contributed by atoms with Gasteiger partial charge in [0.15, 0.2) is 10.9 Å². The van der Waals surface area contributed by atoms with Gasteiger partial charge in [0, 0.05) is 30.3 Å². The van der Waals surface area contributed by atoms with Crippen molar-refractivity contribution in [3.63, 3.8) is 0 Å². The minimum Gasteiger partial charge on any atom is -0.506 e. The molecule has 0 fully saturated rings. The number of aliphatic hydroxyl groups excluding tert-OH is 1. The van der Waals surface area contributed by atoms with Crippen molar-refractivity contribution < 1.29 is 14.7 Å². The van der Waals surface area contributed by atoms with E-state index < -0.39 is 0 Å². The zero-order valence-electron chi connectivity index (χ0n) is 17.5. The fraction of sp³-hybridized carbons (Fsp3) is 0.429. The number of allylic oxidation sites excluding steroid dienone is 1. The monoisotopic (exact) mass is 429 g/mol. The molecular weight excluding hydrogens is 402 g/mol. The van der Waals surface area contributed by atoms with E-state index in [0.717, 1.165) is 19.5 Å². The second-order valence-electron chi connectivity index (χ2n) is 7.37. The summed E-state index contributed by atoms with van der Waals surface area (Å²) in [7, 11) is 3.93. The second kappa shape index (κ2) is 9.82. The summed E-state index contributed by atoms with van der Waals surface area (Å²) in [5.41, 5.74) is 1.49. The molecule has 3 rings (SSSR count). The molecular formula is C21H27N5O3S. The van der Waals surface area contributed by atoms with Gasteiger partial charge in [-0.2, -0.15) is 0 Å². The average molecular weight is 430 g/mol. The molecule has 0 bridgehead atoms. The molecule has 9 heteroatoms. The molecule has 2 aromatic rings. The van der Waals surface area contributed by atoms with E-state index in [4.69, 9.17) is 0 Å². The van der Waals surface area contributed by atoms with Crippen LogP contribution in [0.3, 0.4) is 0 Å². The van der Waals surface area contributed by atoms with Gasteiger partial charge in [0.2, 0.25) is 5.91 Å². The molecule has 0 atom stereocenters. The molecule has 30 heavy (non-hydrogen) atoms. The Morgan fingerprint density at radius 1 is 1.27 bits per heavy atom. The molecule has 1 amide bonds. The molecule has 3 N–H and O–H groups in total. The summed E-state index contributed by atoms with van der Waals surface area (Å²) in [5.74, 6) is 0.306. The van der Waals surface area contributed by atoms with E-state index in [1.807, 2.05) is 25.9 Å². The summed E-state index contributed by atoms with van der Waals surface area (Å²) in [6.45, 7) is 3.55. The number of nitrogens with one attached hydrogen (secondary N) is 2. The number of pyridine rings is 1. The fourth-order valence-electron chi connectivity index (χ4n) is 3.21. The molecule has 8 nitrogen and oxygen atoms in total. The van der Waals surface area contributed by atoms with Gasteiger partial charge >= 0.3 is 0 Å². The largest absolute Gasteiger partial charge is 0.506 e. The molecule has 1 aliphatic carbocycles. The Labute approximate surface area is 180 Å². The molecule has 1 aliphatic rings. The van der Waals surface area contributed by atoms with Crippen molar-refractivity contribution in [2.45, 2.75) is 32.6 Å². The number of anilines is 2. The Hall–Kier alpha value is -2.78. The lowest BCUT2D eigenvalue weighted by molar-refractivity contribution is -0.116. The van der Waals surface area contributed by atoms with Crippen LogP contribution in [0, 0.1) is 0 Å². The lowest BCUT2D eigenvalue weighted by Gasteiger charge is -2.14. The SMILES string of the molecule is CCNc1ccc(C(=O)C2=C(O)c3sc(NC(=O)CCCN(C)C)nc3CC2)cn1. The predicted molar refractivity (Wildman–Crippen MR) is 119 cm³/mol. The molecule has 0 radical (unpaired) electrons. The summed E-state index contributed by atoms with van der Waals surface area (Å²) in [4.78, 5) is 36.2. The van der Waals surface area contributed by atoms with E-state index >= 15 is 0 Å². The average Bonchev–Trinajstić information content (AvgIpc) is 3.12. The van der Waals surface area contributed by atoms with Crippen molar-refractivity contribution in [2.24, 2.45) is 0 Å². The molecule has 0 aliphatic heterocycles. The number of aliphatic hydroxyl groups is 1. The van der Waals surface area contributed by atoms with Crippen molar-refractivity contribution in [2.75, 3.05) is 37.8 Å². The Kier molecular flexibility index (Phi) is 7.17. The van der Waals surface area contributed by atoms with Crippen LogP contribution in [0.15, 0.2) is 23.9 Å². The van der Waals surface area contributed by atoms with E-state index in [0.29, 0.717) is 51.9 Å². The number of carbonyl (C=O) groups excluding carboxylic acids is 2. The van der Waals surface area contributed by atoms with Crippen LogP contribution in [-0.2, 0) is 11.2 Å². The first-order chi connectivity index (χ1) is 14.4. The summed E-state index contributed by atoms with van der Waals surface area (Å²) in [6.07, 6.45) is 3.61. The smallest absolute Gasteiger partial charge is 0.226 e. The van der Waals surface area contributed by atoms with Crippen molar-refractivity contribution in [1.82, 2.24) is 14.9 Å². The normalized spacial score (nSPS) is 13.3. The molecule has 0 spiro atoms. The lowest BCUT2D eigenvalue weighted by Crippen LogP contribution is -2.17. The van der Waals surface area contributed by atoms with Crippen LogP contribution >= 0.6 is 11.3 Å². The van der Waals surface area contributed by atoms with Crippen molar-refractivity contribution in [1.29, 1.82) is 0 Å². The fourth-order valence-corrected chi connectivity index (χ4v) is 4.20. The highest BCUT2D eigenvalue weighted by molar-refractivity contribution is 7.16. The minimum absolute atomic E-state index is 0.0531. The van der Waals surface area contributed by atoms with Crippen molar-refractivity contribution in [3.8, 4) is 0 Å². The number of amides is 1. The van der Waals surface area contributed by atoms with Gasteiger partial charge < -0.3 is 20.6 Å². The highest BCUT2D eigenvalue weighted by Gasteiger charge is 2.28. The molecule has 0 saturated heterocycles.